The fourth-order valence-corrected chi connectivity index (χ4v) is 4.05. The standard InChI is InChI=1S/C22H23N7O2/c1-12(2)31-16-7-5-15(6-8-16)17-11-20(30)23-22-21(17)13(3)26-29(22)19-10-9-18-25-24-14(4)28(18)27-19/h5-10,12,17H,11H2,1-4H3,(H,23,30)/t17-/m1/s1. The number of carbonyl (C=O) groups is 1. The Balaban J connectivity index is 1.58. The molecule has 0 spiro atoms. The van der Waals surface area contributed by atoms with Gasteiger partial charge in [0.2, 0.25) is 5.91 Å². The fraction of sp³-hybridized carbons (Fsp3) is 0.318. The predicted molar refractivity (Wildman–Crippen MR) is 115 cm³/mol. The molecule has 0 radical (unpaired) electrons. The van der Waals surface area contributed by atoms with Crippen molar-refractivity contribution >= 4 is 17.4 Å². The molecule has 1 amide bonds. The largest absolute Gasteiger partial charge is 0.491 e. The van der Waals surface area contributed by atoms with Gasteiger partial charge in [0, 0.05) is 17.9 Å². The highest BCUT2D eigenvalue weighted by molar-refractivity contribution is 5.95. The second-order valence-electron chi connectivity index (χ2n) is 8.01. The SMILES string of the molecule is Cc1nn(-c2ccc3nnc(C)n3n2)c2c1[C@@H](c1ccc(OC(C)C)cc1)CC(=O)N2. The highest BCUT2D eigenvalue weighted by atomic mass is 16.5. The first-order chi connectivity index (χ1) is 14.9. The normalized spacial score (nSPS) is 15.9. The van der Waals surface area contributed by atoms with Crippen molar-refractivity contribution in [3.63, 3.8) is 0 Å². The van der Waals surface area contributed by atoms with Crippen molar-refractivity contribution in [2.24, 2.45) is 0 Å². The molecule has 3 aromatic heterocycles. The van der Waals surface area contributed by atoms with Crippen molar-refractivity contribution in [3.8, 4) is 11.6 Å². The number of nitrogens with zero attached hydrogens (tertiary/aromatic N) is 6. The summed E-state index contributed by atoms with van der Waals surface area (Å²) in [5, 5.41) is 20.4. The minimum Gasteiger partial charge on any atom is -0.491 e. The minimum absolute atomic E-state index is 0.0530. The average molecular weight is 417 g/mol. The summed E-state index contributed by atoms with van der Waals surface area (Å²) < 4.78 is 9.10. The van der Waals surface area contributed by atoms with Crippen LogP contribution >= 0.6 is 0 Å². The molecule has 0 aliphatic carbocycles. The number of rotatable bonds is 4. The maximum absolute atomic E-state index is 12.6. The molecular formula is C22H23N7O2. The van der Waals surface area contributed by atoms with E-state index >= 15 is 0 Å². The number of carbonyl (C=O) groups excluding carboxylic acids is 1. The number of fused-ring (bicyclic) bond motifs is 2. The van der Waals surface area contributed by atoms with E-state index in [1.165, 1.54) is 0 Å². The Bertz CT molecular complexity index is 1290. The predicted octanol–water partition coefficient (Wildman–Crippen LogP) is 3.19. The van der Waals surface area contributed by atoms with Crippen LogP contribution in [0.4, 0.5) is 5.82 Å². The van der Waals surface area contributed by atoms with E-state index in [2.05, 4.69) is 20.6 Å². The van der Waals surface area contributed by atoms with Gasteiger partial charge < -0.3 is 10.1 Å². The Morgan fingerprint density at radius 2 is 1.84 bits per heavy atom. The second kappa shape index (κ2) is 7.19. The molecule has 9 heteroatoms. The van der Waals surface area contributed by atoms with Crippen LogP contribution in [0.25, 0.3) is 11.5 Å². The number of amides is 1. The number of anilines is 1. The molecule has 5 rings (SSSR count). The molecule has 0 saturated carbocycles. The third kappa shape index (κ3) is 3.31. The van der Waals surface area contributed by atoms with Crippen LogP contribution in [-0.4, -0.2) is 41.6 Å². The van der Waals surface area contributed by atoms with Gasteiger partial charge in [-0.05, 0) is 57.5 Å². The molecule has 0 unspecified atom stereocenters. The molecule has 0 bridgehead atoms. The van der Waals surface area contributed by atoms with E-state index < -0.39 is 0 Å². The van der Waals surface area contributed by atoms with Crippen LogP contribution in [-0.2, 0) is 4.79 Å². The van der Waals surface area contributed by atoms with Gasteiger partial charge in [0.05, 0.1) is 11.8 Å². The number of hydrogen-bond donors (Lipinski definition) is 1. The first kappa shape index (κ1) is 19.2. The van der Waals surface area contributed by atoms with Gasteiger partial charge >= 0.3 is 0 Å². The maximum Gasteiger partial charge on any atom is 0.226 e. The van der Waals surface area contributed by atoms with Crippen LogP contribution in [0.15, 0.2) is 36.4 Å². The van der Waals surface area contributed by atoms with E-state index in [1.807, 2.05) is 64.1 Å². The number of hydrogen-bond acceptors (Lipinski definition) is 6. The van der Waals surface area contributed by atoms with Crippen molar-refractivity contribution in [2.75, 3.05) is 5.32 Å². The number of aryl methyl sites for hydroxylation is 2. The molecule has 4 aromatic rings. The highest BCUT2D eigenvalue weighted by Crippen LogP contribution is 2.40. The molecule has 31 heavy (non-hydrogen) atoms. The smallest absolute Gasteiger partial charge is 0.226 e. The molecule has 1 aromatic carbocycles. The Labute approximate surface area is 179 Å². The molecule has 1 aliphatic heterocycles. The summed E-state index contributed by atoms with van der Waals surface area (Å²) in [5.74, 6) is 2.59. The molecule has 1 atom stereocenters. The Morgan fingerprint density at radius 1 is 1.06 bits per heavy atom. The quantitative estimate of drug-likeness (QED) is 0.547. The summed E-state index contributed by atoms with van der Waals surface area (Å²) in [4.78, 5) is 12.6. The van der Waals surface area contributed by atoms with Crippen molar-refractivity contribution in [3.05, 3.63) is 59.0 Å². The van der Waals surface area contributed by atoms with E-state index in [0.29, 0.717) is 29.5 Å². The van der Waals surface area contributed by atoms with E-state index in [0.717, 1.165) is 22.6 Å². The first-order valence-electron chi connectivity index (χ1n) is 10.3. The number of aromatic nitrogens is 6. The Hall–Kier alpha value is -3.75. The molecule has 4 heterocycles. The Kier molecular flexibility index (Phi) is 4.46. The van der Waals surface area contributed by atoms with E-state index in [-0.39, 0.29) is 17.9 Å². The topological polar surface area (TPSA) is 99.2 Å². The van der Waals surface area contributed by atoms with Crippen LogP contribution in [0.3, 0.4) is 0 Å². The lowest BCUT2D eigenvalue weighted by Crippen LogP contribution is -2.25. The van der Waals surface area contributed by atoms with Gasteiger partial charge in [-0.15, -0.1) is 15.3 Å². The van der Waals surface area contributed by atoms with Crippen LogP contribution in [0.2, 0.25) is 0 Å². The third-order valence-electron chi connectivity index (χ3n) is 5.38. The van der Waals surface area contributed by atoms with Gasteiger partial charge in [-0.2, -0.15) is 14.3 Å². The van der Waals surface area contributed by atoms with E-state index in [1.54, 1.807) is 9.20 Å². The molecule has 158 valence electrons. The molecule has 0 saturated heterocycles. The molecule has 1 N–H and O–H groups in total. The van der Waals surface area contributed by atoms with Gasteiger partial charge in [-0.1, -0.05) is 12.1 Å². The number of nitrogens with one attached hydrogen (secondary N) is 1. The summed E-state index contributed by atoms with van der Waals surface area (Å²) in [7, 11) is 0. The zero-order valence-corrected chi connectivity index (χ0v) is 17.8. The minimum atomic E-state index is -0.0917. The maximum atomic E-state index is 12.6. The Morgan fingerprint density at radius 3 is 2.58 bits per heavy atom. The summed E-state index contributed by atoms with van der Waals surface area (Å²) in [6.07, 6.45) is 0.471. The van der Waals surface area contributed by atoms with Gasteiger partial charge in [-0.25, -0.2) is 0 Å². The molecular weight excluding hydrogens is 394 g/mol. The van der Waals surface area contributed by atoms with Crippen LogP contribution in [0, 0.1) is 13.8 Å². The van der Waals surface area contributed by atoms with Gasteiger partial charge in [0.15, 0.2) is 17.3 Å². The number of ether oxygens (including phenoxy) is 1. The third-order valence-corrected chi connectivity index (χ3v) is 5.38. The van der Waals surface area contributed by atoms with Gasteiger partial charge in [0.1, 0.15) is 11.6 Å². The lowest BCUT2D eigenvalue weighted by Gasteiger charge is -2.24. The molecule has 9 nitrogen and oxygen atoms in total. The van der Waals surface area contributed by atoms with Crippen LogP contribution in [0.1, 0.15) is 48.8 Å². The lowest BCUT2D eigenvalue weighted by molar-refractivity contribution is -0.116. The first-order valence-corrected chi connectivity index (χ1v) is 10.3. The average Bonchev–Trinajstić information content (AvgIpc) is 3.27. The monoisotopic (exact) mass is 417 g/mol. The van der Waals surface area contributed by atoms with Crippen LogP contribution in [0.5, 0.6) is 5.75 Å². The summed E-state index contributed by atoms with van der Waals surface area (Å²) in [5.41, 5.74) is 3.56. The van der Waals surface area contributed by atoms with Crippen molar-refractivity contribution < 1.29 is 9.53 Å². The fourth-order valence-electron chi connectivity index (χ4n) is 4.05. The van der Waals surface area contributed by atoms with E-state index in [9.17, 15) is 4.79 Å². The van der Waals surface area contributed by atoms with Crippen molar-refractivity contribution in [1.29, 1.82) is 0 Å². The van der Waals surface area contributed by atoms with Crippen molar-refractivity contribution in [2.45, 2.75) is 46.1 Å². The highest BCUT2D eigenvalue weighted by Gasteiger charge is 2.33. The summed E-state index contributed by atoms with van der Waals surface area (Å²) >= 11 is 0. The number of benzene rings is 1. The second-order valence-corrected chi connectivity index (χ2v) is 8.01. The van der Waals surface area contributed by atoms with Gasteiger partial charge in [-0.3, -0.25) is 4.79 Å². The molecule has 0 fully saturated rings. The zero-order chi connectivity index (χ0) is 21.7. The summed E-state index contributed by atoms with van der Waals surface area (Å²) in [6, 6.07) is 11.6. The van der Waals surface area contributed by atoms with Crippen molar-refractivity contribution in [1.82, 2.24) is 29.6 Å². The summed E-state index contributed by atoms with van der Waals surface area (Å²) in [6.45, 7) is 7.79. The molecule has 1 aliphatic rings. The van der Waals surface area contributed by atoms with Gasteiger partial charge in [0.25, 0.3) is 0 Å². The van der Waals surface area contributed by atoms with E-state index in [4.69, 9.17) is 9.84 Å². The van der Waals surface area contributed by atoms with Crippen LogP contribution < -0.4 is 10.1 Å². The zero-order valence-electron chi connectivity index (χ0n) is 17.8. The lowest BCUT2D eigenvalue weighted by atomic mass is 9.86.